The van der Waals surface area contributed by atoms with Gasteiger partial charge in [-0.3, -0.25) is 4.98 Å². The minimum absolute atomic E-state index is 0.449. The van der Waals surface area contributed by atoms with Crippen molar-refractivity contribution < 1.29 is 5.11 Å². The number of likely N-dealkylation sites (N-methyl/N-ethyl adjacent to an activating group) is 1. The zero-order valence-electron chi connectivity index (χ0n) is 11.5. The fourth-order valence-electron chi connectivity index (χ4n) is 1.87. The smallest absolute Gasteiger partial charge is 0.185 e. The third-order valence-corrected chi connectivity index (χ3v) is 4.40. The molecule has 0 saturated carbocycles. The molecule has 0 radical (unpaired) electrons. The van der Waals surface area contributed by atoms with Gasteiger partial charge in [-0.05, 0) is 26.0 Å². The number of aromatic nitrogens is 2. The molecule has 0 spiro atoms. The summed E-state index contributed by atoms with van der Waals surface area (Å²) >= 11 is 1.56. The topological polar surface area (TPSA) is 49.2 Å². The van der Waals surface area contributed by atoms with E-state index in [-0.39, 0.29) is 0 Å². The van der Waals surface area contributed by atoms with Gasteiger partial charge in [-0.25, -0.2) is 4.98 Å². The Bertz CT molecular complexity index is 525. The van der Waals surface area contributed by atoms with E-state index in [9.17, 15) is 5.11 Å². The van der Waals surface area contributed by atoms with Crippen molar-refractivity contribution in [2.75, 3.05) is 18.5 Å². The van der Waals surface area contributed by atoms with Crippen molar-refractivity contribution >= 4 is 16.5 Å². The summed E-state index contributed by atoms with van der Waals surface area (Å²) in [6.45, 7) is 4.58. The van der Waals surface area contributed by atoms with Gasteiger partial charge in [0.2, 0.25) is 0 Å². The van der Waals surface area contributed by atoms with Gasteiger partial charge in [0.15, 0.2) is 5.13 Å². The first kappa shape index (κ1) is 14.0. The molecule has 0 aromatic carbocycles. The predicted molar refractivity (Wildman–Crippen MR) is 78.7 cm³/mol. The largest absolute Gasteiger partial charge is 0.388 e. The summed E-state index contributed by atoms with van der Waals surface area (Å²) in [6.07, 6.45) is 2.25. The Kier molecular flexibility index (Phi) is 4.50. The lowest BCUT2D eigenvalue weighted by atomic mass is 10.2. The second kappa shape index (κ2) is 6.12. The van der Waals surface area contributed by atoms with Gasteiger partial charge in [0.05, 0.1) is 16.7 Å². The van der Waals surface area contributed by atoms with Gasteiger partial charge in [-0.2, -0.15) is 0 Å². The van der Waals surface area contributed by atoms with Crippen LogP contribution in [0.25, 0.3) is 0 Å². The van der Waals surface area contributed by atoms with Crippen molar-refractivity contribution in [3.8, 4) is 0 Å². The zero-order chi connectivity index (χ0) is 13.8. The highest BCUT2D eigenvalue weighted by molar-refractivity contribution is 7.15. The molecule has 2 aromatic rings. The van der Waals surface area contributed by atoms with E-state index in [1.54, 1.807) is 18.3 Å². The minimum atomic E-state index is -0.449. The number of thiazole rings is 1. The molecule has 0 bridgehead atoms. The number of hydrogen-bond acceptors (Lipinski definition) is 5. The minimum Gasteiger partial charge on any atom is -0.388 e. The van der Waals surface area contributed by atoms with E-state index in [1.807, 2.05) is 38.4 Å². The van der Waals surface area contributed by atoms with E-state index in [4.69, 9.17) is 0 Å². The highest BCUT2D eigenvalue weighted by atomic mass is 32.1. The number of pyridine rings is 1. The van der Waals surface area contributed by atoms with Crippen LogP contribution < -0.4 is 4.90 Å². The first-order chi connectivity index (χ1) is 9.08. The van der Waals surface area contributed by atoms with Gasteiger partial charge in [0, 0.05) is 31.9 Å². The van der Waals surface area contributed by atoms with Gasteiger partial charge in [-0.15, -0.1) is 0 Å². The Hall–Kier alpha value is -1.46. The van der Waals surface area contributed by atoms with Gasteiger partial charge < -0.3 is 10.0 Å². The Morgan fingerprint density at radius 2 is 2.21 bits per heavy atom. The van der Waals surface area contributed by atoms with Crippen LogP contribution in [0.4, 0.5) is 5.13 Å². The summed E-state index contributed by atoms with van der Waals surface area (Å²) in [4.78, 5) is 11.9. The van der Waals surface area contributed by atoms with Crippen LogP contribution in [-0.4, -0.2) is 28.7 Å². The molecule has 4 nitrogen and oxygen atoms in total. The lowest BCUT2D eigenvalue weighted by Crippen LogP contribution is -2.20. The Morgan fingerprint density at radius 1 is 1.42 bits per heavy atom. The van der Waals surface area contributed by atoms with Crippen molar-refractivity contribution in [2.24, 2.45) is 0 Å². The van der Waals surface area contributed by atoms with Crippen LogP contribution in [0.2, 0.25) is 0 Å². The third-order valence-electron chi connectivity index (χ3n) is 2.96. The van der Waals surface area contributed by atoms with Gasteiger partial charge >= 0.3 is 0 Å². The van der Waals surface area contributed by atoms with Gasteiger partial charge in [-0.1, -0.05) is 17.4 Å². The molecular formula is C14H19N3OS. The average molecular weight is 277 g/mol. The number of aliphatic hydroxyl groups excluding tert-OH is 1. The maximum Gasteiger partial charge on any atom is 0.185 e. The van der Waals surface area contributed by atoms with Crippen molar-refractivity contribution in [1.29, 1.82) is 0 Å². The first-order valence-corrected chi connectivity index (χ1v) is 7.16. The molecule has 5 heteroatoms. The van der Waals surface area contributed by atoms with E-state index < -0.39 is 6.10 Å². The first-order valence-electron chi connectivity index (χ1n) is 6.34. The molecule has 1 N–H and O–H groups in total. The normalized spacial score (nSPS) is 12.4. The number of hydrogen-bond donors (Lipinski definition) is 1. The molecule has 0 saturated heterocycles. The molecule has 2 rings (SSSR count). The maximum absolute atomic E-state index is 9.65. The second-order valence-corrected chi connectivity index (χ2v) is 5.62. The van der Waals surface area contributed by atoms with Crippen LogP contribution in [0, 0.1) is 6.92 Å². The Labute approximate surface area is 117 Å². The quantitative estimate of drug-likeness (QED) is 0.912. The number of aryl methyl sites for hydroxylation is 1. The van der Waals surface area contributed by atoms with E-state index in [0.717, 1.165) is 34.4 Å². The summed E-state index contributed by atoms with van der Waals surface area (Å²) in [5.41, 5.74) is 2.00. The van der Waals surface area contributed by atoms with Crippen molar-refractivity contribution in [1.82, 2.24) is 9.97 Å². The summed E-state index contributed by atoms with van der Waals surface area (Å²) < 4.78 is 0. The average Bonchev–Trinajstić information content (AvgIpc) is 2.79. The van der Waals surface area contributed by atoms with Gasteiger partial charge in [0.1, 0.15) is 0 Å². The van der Waals surface area contributed by atoms with Crippen LogP contribution in [0.1, 0.15) is 29.3 Å². The summed E-state index contributed by atoms with van der Waals surface area (Å²) in [6, 6.07) is 5.95. The SMILES string of the molecule is Cc1nc(N(C)CCc2ccccn2)sc1C(C)O. The van der Waals surface area contributed by atoms with E-state index in [0.29, 0.717) is 0 Å². The fraction of sp³-hybridized carbons (Fsp3) is 0.429. The molecule has 102 valence electrons. The standard InChI is InChI=1S/C14H19N3OS/c1-10-13(11(2)18)19-14(16-10)17(3)9-7-12-6-4-5-8-15-12/h4-6,8,11,18H,7,9H2,1-3H3. The summed E-state index contributed by atoms with van der Waals surface area (Å²) in [5.74, 6) is 0. The molecule has 1 unspecified atom stereocenters. The lowest BCUT2D eigenvalue weighted by molar-refractivity contribution is 0.202. The summed E-state index contributed by atoms with van der Waals surface area (Å²) in [7, 11) is 2.02. The monoisotopic (exact) mass is 277 g/mol. The van der Waals surface area contributed by atoms with Crippen LogP contribution >= 0.6 is 11.3 Å². The molecule has 19 heavy (non-hydrogen) atoms. The molecule has 2 aromatic heterocycles. The molecule has 0 aliphatic carbocycles. The van der Waals surface area contributed by atoms with E-state index in [1.165, 1.54) is 0 Å². The van der Waals surface area contributed by atoms with Crippen molar-refractivity contribution in [3.63, 3.8) is 0 Å². The number of aliphatic hydroxyl groups is 1. The third kappa shape index (κ3) is 3.52. The van der Waals surface area contributed by atoms with Crippen LogP contribution in [0.5, 0.6) is 0 Å². The van der Waals surface area contributed by atoms with Crippen molar-refractivity contribution in [3.05, 3.63) is 40.7 Å². The van der Waals surface area contributed by atoms with Gasteiger partial charge in [0.25, 0.3) is 0 Å². The maximum atomic E-state index is 9.65. The van der Waals surface area contributed by atoms with E-state index in [2.05, 4.69) is 14.9 Å². The molecule has 0 aliphatic rings. The fourth-order valence-corrected chi connectivity index (χ4v) is 2.86. The molecular weight excluding hydrogens is 258 g/mol. The number of anilines is 1. The predicted octanol–water partition coefficient (Wildman–Crippen LogP) is 2.58. The van der Waals surface area contributed by atoms with Crippen molar-refractivity contribution in [2.45, 2.75) is 26.4 Å². The van der Waals surface area contributed by atoms with Crippen LogP contribution in [0.3, 0.4) is 0 Å². The molecule has 0 aliphatic heterocycles. The van der Waals surface area contributed by atoms with Crippen LogP contribution in [-0.2, 0) is 6.42 Å². The highest BCUT2D eigenvalue weighted by Gasteiger charge is 2.14. The highest BCUT2D eigenvalue weighted by Crippen LogP contribution is 2.29. The molecule has 0 fully saturated rings. The van der Waals surface area contributed by atoms with E-state index >= 15 is 0 Å². The summed E-state index contributed by atoms with van der Waals surface area (Å²) in [5, 5.41) is 10.6. The zero-order valence-corrected chi connectivity index (χ0v) is 12.3. The molecule has 2 heterocycles. The van der Waals surface area contributed by atoms with Crippen LogP contribution in [0.15, 0.2) is 24.4 Å². The lowest BCUT2D eigenvalue weighted by Gasteiger charge is -2.15. The number of nitrogens with zero attached hydrogens (tertiary/aromatic N) is 3. The molecule has 0 amide bonds. The Morgan fingerprint density at radius 3 is 2.79 bits per heavy atom. The second-order valence-electron chi connectivity index (χ2n) is 4.61. The molecule has 1 atom stereocenters. The Balaban J connectivity index is 2.00. The number of rotatable bonds is 5.